The third-order valence-electron chi connectivity index (χ3n) is 3.09. The number of nitrogens with zero attached hydrogens (tertiary/aromatic N) is 1. The molecule has 2 heterocycles. The Hall–Kier alpha value is -2.08. The van der Waals surface area contributed by atoms with Gasteiger partial charge in [0.1, 0.15) is 4.88 Å². The van der Waals surface area contributed by atoms with Crippen LogP contribution in [0.5, 0.6) is 11.5 Å². The van der Waals surface area contributed by atoms with Crippen LogP contribution in [0.25, 0.3) is 0 Å². The van der Waals surface area contributed by atoms with Gasteiger partial charge in [-0.2, -0.15) is 0 Å². The third-order valence-corrected chi connectivity index (χ3v) is 4.02. The van der Waals surface area contributed by atoms with Crippen LogP contribution >= 0.6 is 11.3 Å². The Labute approximate surface area is 120 Å². The maximum Gasteiger partial charge on any atom is 0.263 e. The van der Waals surface area contributed by atoms with E-state index in [1.165, 1.54) is 11.3 Å². The number of nitrogens with one attached hydrogen (secondary N) is 1. The second-order valence-corrected chi connectivity index (χ2v) is 5.32. The normalized spacial score (nSPS) is 12.4. The van der Waals surface area contributed by atoms with Crippen LogP contribution in [0, 0.1) is 6.92 Å². The van der Waals surface area contributed by atoms with Crippen LogP contribution in [0.2, 0.25) is 0 Å². The number of benzene rings is 1. The van der Waals surface area contributed by atoms with Gasteiger partial charge < -0.3 is 14.8 Å². The largest absolute Gasteiger partial charge is 0.454 e. The number of hydrogen-bond acceptors (Lipinski definition) is 5. The Morgan fingerprint density at radius 2 is 2.25 bits per heavy atom. The molecular weight excluding hydrogens is 276 g/mol. The van der Waals surface area contributed by atoms with Gasteiger partial charge in [0.05, 0.1) is 11.2 Å². The Bertz CT molecular complexity index is 639. The molecule has 1 amide bonds. The van der Waals surface area contributed by atoms with Crippen molar-refractivity contribution in [2.75, 3.05) is 13.3 Å². The Kier molecular flexibility index (Phi) is 3.56. The second kappa shape index (κ2) is 5.50. The molecule has 20 heavy (non-hydrogen) atoms. The summed E-state index contributed by atoms with van der Waals surface area (Å²) in [5.74, 6) is 1.48. The Balaban J connectivity index is 1.55. The van der Waals surface area contributed by atoms with Crippen LogP contribution in [-0.4, -0.2) is 24.2 Å². The van der Waals surface area contributed by atoms with Crippen molar-refractivity contribution in [1.82, 2.24) is 10.3 Å². The maximum atomic E-state index is 11.9. The first kappa shape index (κ1) is 12.9. The number of fused-ring (bicyclic) bond motifs is 1. The minimum atomic E-state index is -0.0641. The highest BCUT2D eigenvalue weighted by molar-refractivity contribution is 7.11. The molecule has 1 aliphatic heterocycles. The molecule has 2 aromatic rings. The van der Waals surface area contributed by atoms with Crippen molar-refractivity contribution >= 4 is 17.2 Å². The van der Waals surface area contributed by atoms with Gasteiger partial charge in [-0.05, 0) is 31.0 Å². The van der Waals surface area contributed by atoms with Crippen molar-refractivity contribution < 1.29 is 14.3 Å². The highest BCUT2D eigenvalue weighted by atomic mass is 32.1. The van der Waals surface area contributed by atoms with E-state index in [0.29, 0.717) is 11.4 Å². The lowest BCUT2D eigenvalue weighted by Crippen LogP contribution is -2.25. The van der Waals surface area contributed by atoms with Crippen LogP contribution in [-0.2, 0) is 6.42 Å². The summed E-state index contributed by atoms with van der Waals surface area (Å²) in [6, 6.07) is 5.83. The standard InChI is InChI=1S/C14H14N2O3S/c1-9-13(20-7-16-9)14(17)15-5-4-10-2-3-11-12(6-10)19-8-18-11/h2-3,6-7H,4-5,8H2,1H3,(H,15,17). The molecular formula is C14H14N2O3S. The van der Waals surface area contributed by atoms with Gasteiger partial charge in [-0.1, -0.05) is 6.07 Å². The van der Waals surface area contributed by atoms with Crippen molar-refractivity contribution in [3.63, 3.8) is 0 Å². The fraction of sp³-hybridized carbons (Fsp3) is 0.286. The molecule has 0 fully saturated rings. The second-order valence-electron chi connectivity index (χ2n) is 4.46. The molecule has 0 bridgehead atoms. The van der Waals surface area contributed by atoms with Crippen molar-refractivity contribution in [2.45, 2.75) is 13.3 Å². The lowest BCUT2D eigenvalue weighted by molar-refractivity contribution is 0.0957. The predicted molar refractivity (Wildman–Crippen MR) is 75.5 cm³/mol. The predicted octanol–water partition coefficient (Wildman–Crippen LogP) is 2.15. The van der Waals surface area contributed by atoms with Gasteiger partial charge in [-0.3, -0.25) is 4.79 Å². The van der Waals surface area contributed by atoms with Crippen LogP contribution < -0.4 is 14.8 Å². The molecule has 0 radical (unpaired) electrons. The van der Waals surface area contributed by atoms with Crippen LogP contribution in [0.15, 0.2) is 23.7 Å². The summed E-state index contributed by atoms with van der Waals surface area (Å²) in [5.41, 5.74) is 3.56. The third kappa shape index (κ3) is 2.60. The molecule has 0 spiro atoms. The highest BCUT2D eigenvalue weighted by Crippen LogP contribution is 2.32. The number of ether oxygens (including phenoxy) is 2. The van der Waals surface area contributed by atoms with E-state index in [9.17, 15) is 4.79 Å². The van der Waals surface area contributed by atoms with Gasteiger partial charge in [0, 0.05) is 6.54 Å². The summed E-state index contributed by atoms with van der Waals surface area (Å²) >= 11 is 1.36. The van der Waals surface area contributed by atoms with E-state index in [4.69, 9.17) is 9.47 Å². The van der Waals surface area contributed by atoms with E-state index >= 15 is 0 Å². The minimum absolute atomic E-state index is 0.0641. The van der Waals surface area contributed by atoms with Crippen molar-refractivity contribution in [1.29, 1.82) is 0 Å². The van der Waals surface area contributed by atoms with E-state index in [-0.39, 0.29) is 12.7 Å². The molecule has 3 rings (SSSR count). The number of carbonyl (C=O) groups excluding carboxylic acids is 1. The van der Waals surface area contributed by atoms with Gasteiger partial charge in [-0.25, -0.2) is 4.98 Å². The van der Waals surface area contributed by atoms with Gasteiger partial charge >= 0.3 is 0 Å². The van der Waals surface area contributed by atoms with E-state index in [1.807, 2.05) is 25.1 Å². The van der Waals surface area contributed by atoms with E-state index < -0.39 is 0 Å². The summed E-state index contributed by atoms with van der Waals surface area (Å²) in [7, 11) is 0. The number of aryl methyl sites for hydroxylation is 1. The fourth-order valence-corrected chi connectivity index (χ4v) is 2.74. The van der Waals surface area contributed by atoms with Gasteiger partial charge in [0.25, 0.3) is 5.91 Å². The zero-order valence-electron chi connectivity index (χ0n) is 11.0. The first-order valence-corrected chi connectivity index (χ1v) is 7.19. The Morgan fingerprint density at radius 1 is 1.40 bits per heavy atom. The first-order valence-electron chi connectivity index (χ1n) is 6.31. The SMILES string of the molecule is Cc1ncsc1C(=O)NCCc1ccc2c(c1)OCO2. The molecule has 1 N–H and O–H groups in total. The van der Waals surface area contributed by atoms with Gasteiger partial charge in [0.15, 0.2) is 11.5 Å². The lowest BCUT2D eigenvalue weighted by Gasteiger charge is -2.05. The van der Waals surface area contributed by atoms with E-state index in [1.54, 1.807) is 5.51 Å². The molecule has 0 unspecified atom stereocenters. The van der Waals surface area contributed by atoms with Crippen LogP contribution in [0.3, 0.4) is 0 Å². The topological polar surface area (TPSA) is 60.5 Å². The zero-order chi connectivity index (χ0) is 13.9. The first-order chi connectivity index (χ1) is 9.74. The number of carbonyl (C=O) groups is 1. The maximum absolute atomic E-state index is 11.9. The van der Waals surface area contributed by atoms with Crippen molar-refractivity contribution in [2.24, 2.45) is 0 Å². The Morgan fingerprint density at radius 3 is 3.05 bits per heavy atom. The number of rotatable bonds is 4. The zero-order valence-corrected chi connectivity index (χ0v) is 11.8. The highest BCUT2D eigenvalue weighted by Gasteiger charge is 2.14. The average Bonchev–Trinajstić information content (AvgIpc) is 3.06. The number of hydrogen-bond donors (Lipinski definition) is 1. The van der Waals surface area contributed by atoms with Gasteiger partial charge in [0.2, 0.25) is 6.79 Å². The average molecular weight is 290 g/mol. The number of aromatic nitrogens is 1. The fourth-order valence-electron chi connectivity index (χ4n) is 2.02. The molecule has 0 aliphatic carbocycles. The van der Waals surface area contributed by atoms with E-state index in [0.717, 1.165) is 29.2 Å². The smallest absolute Gasteiger partial charge is 0.263 e. The molecule has 6 heteroatoms. The summed E-state index contributed by atoms with van der Waals surface area (Å²) < 4.78 is 10.6. The molecule has 1 aromatic carbocycles. The molecule has 5 nitrogen and oxygen atoms in total. The van der Waals surface area contributed by atoms with Crippen LogP contribution in [0.1, 0.15) is 20.9 Å². The molecule has 0 saturated heterocycles. The summed E-state index contributed by atoms with van der Waals surface area (Å²) in [5, 5.41) is 2.90. The molecule has 104 valence electrons. The lowest BCUT2D eigenvalue weighted by atomic mass is 10.1. The molecule has 0 atom stereocenters. The minimum Gasteiger partial charge on any atom is -0.454 e. The molecule has 1 aliphatic rings. The van der Waals surface area contributed by atoms with Gasteiger partial charge in [-0.15, -0.1) is 11.3 Å². The quantitative estimate of drug-likeness (QED) is 0.937. The number of thiazole rings is 1. The molecule has 1 aromatic heterocycles. The summed E-state index contributed by atoms with van der Waals surface area (Å²) in [6.07, 6.45) is 0.750. The number of amides is 1. The summed E-state index contributed by atoms with van der Waals surface area (Å²) in [6.45, 7) is 2.69. The monoisotopic (exact) mass is 290 g/mol. The molecule has 0 saturated carbocycles. The van der Waals surface area contributed by atoms with Crippen molar-refractivity contribution in [3.05, 3.63) is 39.8 Å². The van der Waals surface area contributed by atoms with Crippen LogP contribution in [0.4, 0.5) is 0 Å². The summed E-state index contributed by atoms with van der Waals surface area (Å²) in [4.78, 5) is 16.7. The van der Waals surface area contributed by atoms with Crippen molar-refractivity contribution in [3.8, 4) is 11.5 Å². The van der Waals surface area contributed by atoms with E-state index in [2.05, 4.69) is 10.3 Å².